The minimum atomic E-state index is -0.0998. The van der Waals surface area contributed by atoms with Gasteiger partial charge in [0.05, 0.1) is 17.1 Å². The Morgan fingerprint density at radius 3 is 1.73 bits per heavy atom. The maximum absolute atomic E-state index is 6.78. The van der Waals surface area contributed by atoms with Crippen LogP contribution in [0.15, 0.2) is 180 Å². The SMILES string of the molecule is CC1(C)c2ccccc2-c2c(-c3ccccc3N(c3ccccc3-c3cccc4ccccc34)c3cccc4c3oc3ccccc34)cccc21. The lowest BCUT2D eigenvalue weighted by Gasteiger charge is -2.30. The topological polar surface area (TPSA) is 16.4 Å². The van der Waals surface area contributed by atoms with Crippen molar-refractivity contribution in [2.24, 2.45) is 0 Å². The van der Waals surface area contributed by atoms with Gasteiger partial charge in [-0.15, -0.1) is 0 Å². The third-order valence-corrected chi connectivity index (χ3v) is 10.9. The van der Waals surface area contributed by atoms with E-state index in [1.165, 1.54) is 49.7 Å². The summed E-state index contributed by atoms with van der Waals surface area (Å²) in [4.78, 5) is 2.43. The highest BCUT2D eigenvalue weighted by Crippen LogP contribution is 2.55. The first-order valence-electron chi connectivity index (χ1n) is 17.7. The van der Waals surface area contributed by atoms with Gasteiger partial charge in [-0.1, -0.05) is 166 Å². The minimum Gasteiger partial charge on any atom is -0.454 e. The highest BCUT2D eigenvalue weighted by atomic mass is 16.3. The molecule has 0 radical (unpaired) electrons. The first-order valence-corrected chi connectivity index (χ1v) is 17.7. The molecule has 10 rings (SSSR count). The minimum absolute atomic E-state index is 0.0998. The smallest absolute Gasteiger partial charge is 0.159 e. The summed E-state index contributed by atoms with van der Waals surface area (Å²) >= 11 is 0. The Balaban J connectivity index is 1.30. The van der Waals surface area contributed by atoms with E-state index in [1.807, 2.05) is 6.07 Å². The van der Waals surface area contributed by atoms with Gasteiger partial charge in [0.1, 0.15) is 5.58 Å². The van der Waals surface area contributed by atoms with Gasteiger partial charge in [0.15, 0.2) is 5.58 Å². The van der Waals surface area contributed by atoms with Gasteiger partial charge < -0.3 is 9.32 Å². The molecule has 2 heteroatoms. The number of hydrogen-bond acceptors (Lipinski definition) is 2. The zero-order chi connectivity index (χ0) is 34.1. The number of para-hydroxylation sites is 4. The molecule has 0 atom stereocenters. The quantitative estimate of drug-likeness (QED) is 0.184. The molecule has 8 aromatic carbocycles. The molecule has 242 valence electrons. The van der Waals surface area contributed by atoms with E-state index in [4.69, 9.17) is 4.42 Å². The van der Waals surface area contributed by atoms with Crippen LogP contribution in [0, 0.1) is 0 Å². The summed E-state index contributed by atoms with van der Waals surface area (Å²) in [6, 6.07) is 63.6. The number of benzene rings is 8. The van der Waals surface area contributed by atoms with Crippen LogP contribution in [0.1, 0.15) is 25.0 Å². The molecule has 9 aromatic rings. The van der Waals surface area contributed by atoms with Gasteiger partial charge in [0.25, 0.3) is 0 Å². The molecular weight excluding hydrogens is 619 g/mol. The number of hydrogen-bond donors (Lipinski definition) is 0. The molecule has 0 saturated carbocycles. The number of rotatable bonds is 5. The molecule has 0 unspecified atom stereocenters. The van der Waals surface area contributed by atoms with Crippen molar-refractivity contribution in [3.05, 3.63) is 187 Å². The molecule has 0 saturated heterocycles. The normalized spacial score (nSPS) is 13.1. The fourth-order valence-electron chi connectivity index (χ4n) is 8.53. The molecule has 1 aliphatic carbocycles. The average Bonchev–Trinajstić information content (AvgIpc) is 3.68. The molecule has 51 heavy (non-hydrogen) atoms. The van der Waals surface area contributed by atoms with Crippen LogP contribution in [0.25, 0.3) is 66.1 Å². The van der Waals surface area contributed by atoms with Crippen molar-refractivity contribution in [1.82, 2.24) is 0 Å². The van der Waals surface area contributed by atoms with Crippen LogP contribution in [-0.2, 0) is 5.41 Å². The Kier molecular flexibility index (Phi) is 6.56. The van der Waals surface area contributed by atoms with Crippen LogP contribution < -0.4 is 4.90 Å². The van der Waals surface area contributed by atoms with Crippen LogP contribution in [0.5, 0.6) is 0 Å². The highest BCUT2D eigenvalue weighted by Gasteiger charge is 2.37. The Bertz CT molecular complexity index is 2800. The summed E-state index contributed by atoms with van der Waals surface area (Å²) in [5.41, 5.74) is 14.9. The van der Waals surface area contributed by atoms with Crippen LogP contribution in [0.3, 0.4) is 0 Å². The van der Waals surface area contributed by atoms with Crippen LogP contribution in [-0.4, -0.2) is 0 Å². The molecule has 0 bridgehead atoms. The van der Waals surface area contributed by atoms with Crippen LogP contribution in [0.2, 0.25) is 0 Å². The van der Waals surface area contributed by atoms with E-state index in [9.17, 15) is 0 Å². The van der Waals surface area contributed by atoms with Crippen molar-refractivity contribution in [2.45, 2.75) is 19.3 Å². The standard InChI is InChI=1S/C49H35NO/c1-49(2)41-26-9-5-22-40(41)47-38(24-14-27-42(47)49)36-20-7-11-29-44(36)50(45-30-15-25-39-37-21-8-12-31-46(37)51-48(39)45)43-28-10-6-19-35(43)34-23-13-17-32-16-3-4-18-33(32)34/h3-31H,1-2H3. The number of nitrogens with zero attached hydrogens (tertiary/aromatic N) is 1. The number of fused-ring (bicyclic) bond motifs is 7. The summed E-state index contributed by atoms with van der Waals surface area (Å²) in [5, 5.41) is 4.66. The molecular formula is C49H35NO. The lowest BCUT2D eigenvalue weighted by molar-refractivity contribution is 0.660. The fraction of sp³-hybridized carbons (Fsp3) is 0.0612. The number of furan rings is 1. The predicted molar refractivity (Wildman–Crippen MR) is 214 cm³/mol. The summed E-state index contributed by atoms with van der Waals surface area (Å²) < 4.78 is 6.78. The van der Waals surface area contributed by atoms with Gasteiger partial charge in [0, 0.05) is 27.3 Å². The van der Waals surface area contributed by atoms with Gasteiger partial charge in [-0.3, -0.25) is 0 Å². The molecule has 0 spiro atoms. The molecule has 1 aliphatic rings. The lowest BCUT2D eigenvalue weighted by Crippen LogP contribution is -2.15. The second-order valence-corrected chi connectivity index (χ2v) is 14.0. The van der Waals surface area contributed by atoms with Crippen molar-refractivity contribution in [2.75, 3.05) is 4.90 Å². The van der Waals surface area contributed by atoms with Gasteiger partial charge in [-0.05, 0) is 68.4 Å². The third kappa shape index (κ3) is 4.43. The molecule has 1 heterocycles. The largest absolute Gasteiger partial charge is 0.454 e. The second-order valence-electron chi connectivity index (χ2n) is 14.0. The van der Waals surface area contributed by atoms with E-state index in [0.29, 0.717) is 0 Å². The van der Waals surface area contributed by atoms with Crippen LogP contribution in [0.4, 0.5) is 17.1 Å². The lowest BCUT2D eigenvalue weighted by atomic mass is 9.82. The molecule has 0 fully saturated rings. The maximum Gasteiger partial charge on any atom is 0.159 e. The number of anilines is 3. The Morgan fingerprint density at radius 2 is 0.902 bits per heavy atom. The predicted octanol–water partition coefficient (Wildman–Crippen LogP) is 13.8. The van der Waals surface area contributed by atoms with Crippen molar-refractivity contribution in [3.63, 3.8) is 0 Å². The first-order chi connectivity index (χ1) is 25.1. The Morgan fingerprint density at radius 1 is 0.392 bits per heavy atom. The van der Waals surface area contributed by atoms with Gasteiger partial charge in [0.2, 0.25) is 0 Å². The van der Waals surface area contributed by atoms with Crippen LogP contribution >= 0.6 is 0 Å². The summed E-state index contributed by atoms with van der Waals surface area (Å²) in [6.07, 6.45) is 0. The van der Waals surface area contributed by atoms with E-state index in [0.717, 1.165) is 44.6 Å². The summed E-state index contributed by atoms with van der Waals surface area (Å²) in [5.74, 6) is 0. The average molecular weight is 654 g/mol. The molecule has 1 aromatic heterocycles. The van der Waals surface area contributed by atoms with Gasteiger partial charge in [-0.2, -0.15) is 0 Å². The molecule has 0 aliphatic heterocycles. The summed E-state index contributed by atoms with van der Waals surface area (Å²) in [7, 11) is 0. The zero-order valence-corrected chi connectivity index (χ0v) is 28.6. The van der Waals surface area contributed by atoms with Gasteiger partial charge >= 0.3 is 0 Å². The van der Waals surface area contributed by atoms with E-state index in [2.05, 4.69) is 189 Å². The Hall–Kier alpha value is -6.38. The molecule has 2 nitrogen and oxygen atoms in total. The monoisotopic (exact) mass is 653 g/mol. The fourth-order valence-corrected chi connectivity index (χ4v) is 8.53. The first kappa shape index (κ1) is 29.5. The Labute approximate surface area is 297 Å². The van der Waals surface area contributed by atoms with Crippen molar-refractivity contribution in [1.29, 1.82) is 0 Å². The van der Waals surface area contributed by atoms with Crippen molar-refractivity contribution >= 4 is 49.8 Å². The maximum atomic E-state index is 6.78. The van der Waals surface area contributed by atoms with Crippen molar-refractivity contribution < 1.29 is 4.42 Å². The molecule has 0 amide bonds. The summed E-state index contributed by atoms with van der Waals surface area (Å²) in [6.45, 7) is 4.70. The third-order valence-electron chi connectivity index (χ3n) is 10.9. The second kappa shape index (κ2) is 11.3. The van der Waals surface area contributed by atoms with Gasteiger partial charge in [-0.25, -0.2) is 0 Å². The molecule has 0 N–H and O–H groups in total. The van der Waals surface area contributed by atoms with E-state index >= 15 is 0 Å². The van der Waals surface area contributed by atoms with E-state index in [-0.39, 0.29) is 5.41 Å². The zero-order valence-electron chi connectivity index (χ0n) is 28.6. The van der Waals surface area contributed by atoms with Crippen molar-refractivity contribution in [3.8, 4) is 33.4 Å². The van der Waals surface area contributed by atoms with E-state index in [1.54, 1.807) is 0 Å². The highest BCUT2D eigenvalue weighted by molar-refractivity contribution is 6.12. The van der Waals surface area contributed by atoms with E-state index < -0.39 is 0 Å².